The van der Waals surface area contributed by atoms with Crippen LogP contribution in [0.5, 0.6) is 0 Å². The van der Waals surface area contributed by atoms with E-state index in [4.69, 9.17) is 16.3 Å². The van der Waals surface area contributed by atoms with Crippen LogP contribution in [-0.2, 0) is 25.7 Å². The molecular weight excluding hydrogens is 502 g/mol. The minimum atomic E-state index is -1.21. The lowest BCUT2D eigenvalue weighted by atomic mass is 9.70. The Morgan fingerprint density at radius 3 is 2.42 bits per heavy atom. The summed E-state index contributed by atoms with van der Waals surface area (Å²) in [5, 5.41) is 6.79. The summed E-state index contributed by atoms with van der Waals surface area (Å²) in [4.78, 5) is 43.4. The van der Waals surface area contributed by atoms with Gasteiger partial charge in [0.2, 0.25) is 17.7 Å². The molecule has 0 unspecified atom stereocenters. The molecule has 8 heteroatoms. The number of carbonyl (C=O) groups excluding carboxylic acids is 3. The Bertz CT molecular complexity index is 1280. The van der Waals surface area contributed by atoms with Crippen LogP contribution in [0.1, 0.15) is 44.6 Å². The molecule has 2 saturated heterocycles. The molecule has 2 N–H and O–H groups in total. The van der Waals surface area contributed by atoms with Gasteiger partial charge in [0.15, 0.2) is 0 Å². The van der Waals surface area contributed by atoms with Gasteiger partial charge in [0, 0.05) is 23.3 Å². The molecule has 7 nitrogen and oxygen atoms in total. The van der Waals surface area contributed by atoms with E-state index in [-0.39, 0.29) is 30.3 Å². The van der Waals surface area contributed by atoms with Crippen molar-refractivity contribution in [3.05, 3.63) is 77.3 Å². The van der Waals surface area contributed by atoms with E-state index in [1.54, 1.807) is 17.0 Å². The molecule has 3 fully saturated rings. The summed E-state index contributed by atoms with van der Waals surface area (Å²) in [5.41, 5.74) is -0.702. The van der Waals surface area contributed by atoms with E-state index in [0.717, 1.165) is 31.2 Å². The molecular formula is C30H32ClN3O4. The molecule has 0 aromatic heterocycles. The maximum absolute atomic E-state index is 14.2. The number of ether oxygens (including phenoxy) is 1. The lowest BCUT2D eigenvalue weighted by Gasteiger charge is -2.34. The van der Waals surface area contributed by atoms with Gasteiger partial charge in [-0.05, 0) is 49.6 Å². The van der Waals surface area contributed by atoms with E-state index in [1.807, 2.05) is 61.5 Å². The number of hydrogen-bond donors (Lipinski definition) is 2. The second kappa shape index (κ2) is 9.54. The molecule has 38 heavy (non-hydrogen) atoms. The first-order chi connectivity index (χ1) is 18.3. The first kappa shape index (κ1) is 25.1. The molecule has 3 aliphatic heterocycles. The molecule has 2 bridgehead atoms. The third-order valence-corrected chi connectivity index (χ3v) is 8.84. The number of likely N-dealkylation sites (tertiary alicyclic amines) is 1. The fourth-order valence-electron chi connectivity index (χ4n) is 6.85. The first-order valence-corrected chi connectivity index (χ1v) is 13.8. The number of fused-ring (bicyclic) bond motifs is 1. The number of amides is 3. The van der Waals surface area contributed by atoms with E-state index < -0.39 is 29.1 Å². The summed E-state index contributed by atoms with van der Waals surface area (Å²) < 4.78 is 6.61. The fourth-order valence-corrected chi connectivity index (χ4v) is 6.98. The van der Waals surface area contributed by atoms with Crippen LogP contribution in [-0.4, -0.2) is 45.9 Å². The van der Waals surface area contributed by atoms with Gasteiger partial charge in [0.25, 0.3) is 0 Å². The molecule has 2 aromatic carbocycles. The van der Waals surface area contributed by atoms with Gasteiger partial charge in [-0.3, -0.25) is 14.4 Å². The van der Waals surface area contributed by atoms with Gasteiger partial charge >= 0.3 is 0 Å². The van der Waals surface area contributed by atoms with Crippen molar-refractivity contribution in [2.75, 3.05) is 5.32 Å². The predicted octanol–water partition coefficient (Wildman–Crippen LogP) is 4.47. The molecule has 0 radical (unpaired) electrons. The molecule has 3 amide bonds. The van der Waals surface area contributed by atoms with Crippen LogP contribution in [0.15, 0.2) is 66.7 Å². The van der Waals surface area contributed by atoms with Gasteiger partial charge in [-0.1, -0.05) is 73.3 Å². The topological polar surface area (TPSA) is 87.7 Å². The number of rotatable bonds is 6. The van der Waals surface area contributed by atoms with Crippen LogP contribution in [0.2, 0.25) is 5.02 Å². The van der Waals surface area contributed by atoms with Crippen molar-refractivity contribution in [2.45, 2.75) is 68.9 Å². The summed E-state index contributed by atoms with van der Waals surface area (Å²) in [6, 6.07) is 15.6. The number of halogens is 1. The molecule has 1 saturated carbocycles. The average molecular weight is 534 g/mol. The Kier molecular flexibility index (Phi) is 6.31. The van der Waals surface area contributed by atoms with Crippen molar-refractivity contribution < 1.29 is 19.1 Å². The van der Waals surface area contributed by atoms with Crippen molar-refractivity contribution in [1.82, 2.24) is 10.2 Å². The summed E-state index contributed by atoms with van der Waals surface area (Å²) in [6.45, 7) is 2.05. The largest absolute Gasteiger partial charge is 0.356 e. The van der Waals surface area contributed by atoms with Gasteiger partial charge in [0.05, 0.1) is 17.4 Å². The highest BCUT2D eigenvalue weighted by atomic mass is 35.5. The monoisotopic (exact) mass is 533 g/mol. The van der Waals surface area contributed by atoms with Crippen LogP contribution in [0.3, 0.4) is 0 Å². The molecule has 2 aromatic rings. The Hall–Kier alpha value is -3.16. The zero-order valence-electron chi connectivity index (χ0n) is 21.4. The van der Waals surface area contributed by atoms with Crippen LogP contribution in [0.25, 0.3) is 0 Å². The number of nitrogens with zero attached hydrogens (tertiary/aromatic N) is 1. The number of nitrogens with one attached hydrogen (secondary N) is 2. The van der Waals surface area contributed by atoms with Crippen molar-refractivity contribution in [2.24, 2.45) is 11.8 Å². The summed E-state index contributed by atoms with van der Waals surface area (Å²) in [6.07, 6.45) is 8.89. The Balaban J connectivity index is 1.36. The van der Waals surface area contributed by atoms with Gasteiger partial charge in [-0.2, -0.15) is 0 Å². The number of benzene rings is 2. The maximum atomic E-state index is 14.2. The molecule has 5 atom stereocenters. The van der Waals surface area contributed by atoms with Crippen molar-refractivity contribution in [3.8, 4) is 0 Å². The second-order valence-electron chi connectivity index (χ2n) is 11.1. The van der Waals surface area contributed by atoms with E-state index in [0.29, 0.717) is 10.7 Å². The molecule has 1 aliphatic carbocycles. The lowest BCUT2D eigenvalue weighted by Crippen LogP contribution is -2.56. The second-order valence-corrected chi connectivity index (χ2v) is 11.6. The van der Waals surface area contributed by atoms with E-state index in [9.17, 15) is 14.4 Å². The third kappa shape index (κ3) is 4.12. The minimum Gasteiger partial charge on any atom is -0.356 e. The van der Waals surface area contributed by atoms with E-state index in [1.165, 1.54) is 6.42 Å². The van der Waals surface area contributed by atoms with Gasteiger partial charge in [-0.25, -0.2) is 0 Å². The lowest BCUT2D eigenvalue weighted by molar-refractivity contribution is -0.145. The van der Waals surface area contributed by atoms with Crippen molar-refractivity contribution in [1.29, 1.82) is 0 Å². The van der Waals surface area contributed by atoms with Gasteiger partial charge in [-0.15, -0.1) is 0 Å². The van der Waals surface area contributed by atoms with Crippen LogP contribution in [0.4, 0.5) is 5.69 Å². The third-order valence-electron chi connectivity index (χ3n) is 8.59. The van der Waals surface area contributed by atoms with Crippen LogP contribution in [0, 0.1) is 11.8 Å². The predicted molar refractivity (Wildman–Crippen MR) is 144 cm³/mol. The Labute approximate surface area is 227 Å². The highest BCUT2D eigenvalue weighted by Crippen LogP contribution is 2.60. The minimum absolute atomic E-state index is 0.0783. The highest BCUT2D eigenvalue weighted by molar-refractivity contribution is 6.30. The summed E-state index contributed by atoms with van der Waals surface area (Å²) in [5.74, 6) is -2.34. The van der Waals surface area contributed by atoms with E-state index >= 15 is 0 Å². The first-order valence-electron chi connectivity index (χ1n) is 13.4. The number of carbonyl (C=O) groups is 3. The normalized spacial score (nSPS) is 31.9. The number of hydrogen-bond acceptors (Lipinski definition) is 4. The number of anilines is 1. The average Bonchev–Trinajstić information content (AvgIpc) is 3.47. The van der Waals surface area contributed by atoms with Crippen LogP contribution < -0.4 is 10.6 Å². The Morgan fingerprint density at radius 1 is 1.00 bits per heavy atom. The molecule has 3 heterocycles. The van der Waals surface area contributed by atoms with Crippen molar-refractivity contribution in [3.63, 3.8) is 0 Å². The molecule has 6 rings (SSSR count). The summed E-state index contributed by atoms with van der Waals surface area (Å²) in [7, 11) is 0. The van der Waals surface area contributed by atoms with Gasteiger partial charge < -0.3 is 20.3 Å². The zero-order valence-corrected chi connectivity index (χ0v) is 22.1. The quantitative estimate of drug-likeness (QED) is 0.536. The Morgan fingerprint density at radius 2 is 1.71 bits per heavy atom. The molecule has 1 spiro atoms. The summed E-state index contributed by atoms with van der Waals surface area (Å²) >= 11 is 6.09. The smallest absolute Gasteiger partial charge is 0.246 e. The van der Waals surface area contributed by atoms with Gasteiger partial charge in [0.1, 0.15) is 11.6 Å². The van der Waals surface area contributed by atoms with Crippen molar-refractivity contribution >= 4 is 35.0 Å². The zero-order chi connectivity index (χ0) is 26.5. The number of para-hydroxylation sites is 1. The van der Waals surface area contributed by atoms with Crippen LogP contribution >= 0.6 is 11.6 Å². The molecule has 4 aliphatic rings. The molecule has 198 valence electrons. The maximum Gasteiger partial charge on any atom is 0.246 e. The van der Waals surface area contributed by atoms with E-state index in [2.05, 4.69) is 10.6 Å². The fraction of sp³-hybridized carbons (Fsp3) is 0.433. The SMILES string of the molecule is C[C@@]12C=C[C@]3(O1)[C@H](C(=O)N(Cc1ccc(Cl)cc1)[C@@H]3C(=O)NC1CCCCC1)[C@@H]2C(=O)Nc1ccccc1. The standard InChI is InChI=1S/C30H32ClN3O4/c1-29-16-17-30(38-29)24(23(29)26(35)32-21-8-4-2-5-9-21)28(37)34(18-19-12-14-20(31)15-13-19)25(30)27(36)33-22-10-6-3-7-11-22/h2,4-5,8-9,12-17,22-25H,3,6-7,10-11,18H2,1H3,(H,32,35)(H,33,36)/t23-,24+,25-,29+,30+/m1/s1. The highest BCUT2D eigenvalue weighted by Gasteiger charge is 2.76.